The van der Waals surface area contributed by atoms with Gasteiger partial charge in [0, 0.05) is 30.4 Å². The summed E-state index contributed by atoms with van der Waals surface area (Å²) in [5, 5.41) is 21.5. The Morgan fingerprint density at radius 2 is 1.84 bits per heavy atom. The number of benzene rings is 1. The fourth-order valence-electron chi connectivity index (χ4n) is 4.17. The molecule has 1 aliphatic carbocycles. The fraction of sp³-hybridized carbons (Fsp3) is 0.611. The van der Waals surface area contributed by atoms with E-state index in [-0.39, 0.29) is 23.3 Å². The van der Waals surface area contributed by atoms with E-state index in [0.29, 0.717) is 24.6 Å². The molecule has 0 radical (unpaired) electrons. The molecule has 3 N–H and O–H groups in total. The quantitative estimate of drug-likeness (QED) is 0.634. The minimum absolute atomic E-state index is 0.0304. The van der Waals surface area contributed by atoms with Gasteiger partial charge in [0.05, 0.1) is 17.2 Å². The van der Waals surface area contributed by atoms with Crippen LogP contribution in [0.5, 0.6) is 0 Å². The highest BCUT2D eigenvalue weighted by Gasteiger charge is 2.31. The third-order valence-electron chi connectivity index (χ3n) is 5.88. The summed E-state index contributed by atoms with van der Waals surface area (Å²) in [6.45, 7) is 0.675. The molecule has 0 bridgehead atoms. The number of hydrogen-bond donors (Lipinski definition) is 2. The molecule has 1 saturated carbocycles. The predicted octanol–water partition coefficient (Wildman–Crippen LogP) is 0.939. The molecule has 0 spiro atoms. The molecule has 0 amide bonds. The Kier molecular flexibility index (Phi) is 6.03. The number of anilines is 1. The van der Waals surface area contributed by atoms with Crippen molar-refractivity contribution in [2.24, 2.45) is 5.14 Å². The van der Waals surface area contributed by atoms with Gasteiger partial charge in [0.1, 0.15) is 0 Å². The van der Waals surface area contributed by atoms with Crippen molar-refractivity contribution in [2.45, 2.75) is 55.5 Å². The molecule has 170 valence electrons. The monoisotopic (exact) mass is 469 g/mol. The molecule has 1 aromatic heterocycles. The van der Waals surface area contributed by atoms with Crippen LogP contribution in [-0.2, 0) is 20.0 Å². The molecular formula is C18H27N7O4S2. The summed E-state index contributed by atoms with van der Waals surface area (Å²) in [5.41, 5.74) is 1.23. The molecule has 1 saturated heterocycles. The molecule has 2 fully saturated rings. The lowest BCUT2D eigenvalue weighted by Crippen LogP contribution is -2.28. The van der Waals surface area contributed by atoms with Crippen molar-refractivity contribution in [1.29, 1.82) is 0 Å². The molecule has 4 rings (SSSR count). The number of aromatic nitrogens is 4. The maximum absolute atomic E-state index is 11.9. The van der Waals surface area contributed by atoms with Crippen LogP contribution in [0.15, 0.2) is 23.1 Å². The van der Waals surface area contributed by atoms with Gasteiger partial charge in [0.2, 0.25) is 25.9 Å². The normalized spacial score (nSPS) is 21.4. The predicted molar refractivity (Wildman–Crippen MR) is 115 cm³/mol. The summed E-state index contributed by atoms with van der Waals surface area (Å²) in [4.78, 5) is 1.38. The summed E-state index contributed by atoms with van der Waals surface area (Å²) in [6, 6.07) is 4.67. The first-order valence-electron chi connectivity index (χ1n) is 10.3. The highest BCUT2D eigenvalue weighted by atomic mass is 32.2. The van der Waals surface area contributed by atoms with Crippen LogP contribution in [0.3, 0.4) is 0 Å². The topological polar surface area (TPSA) is 153 Å². The number of primary sulfonamides is 1. The molecule has 1 atom stereocenters. The van der Waals surface area contributed by atoms with Gasteiger partial charge in [0.25, 0.3) is 0 Å². The highest BCUT2D eigenvalue weighted by Crippen LogP contribution is 2.31. The van der Waals surface area contributed by atoms with Crippen molar-refractivity contribution in [3.8, 4) is 11.4 Å². The number of rotatable bonds is 6. The molecule has 31 heavy (non-hydrogen) atoms. The standard InChI is InChI=1S/C18H27N7O4S2/c1-30(26,27)24-10-9-14(12-24)25-22-18(21-23-25)16-11-15(31(19,28)29)7-8-17(16)20-13-5-3-2-4-6-13/h7-8,11,13-14,20H,2-6,9-10,12H2,1H3,(H2,19,28,29). The van der Waals surface area contributed by atoms with E-state index in [4.69, 9.17) is 5.14 Å². The van der Waals surface area contributed by atoms with Crippen LogP contribution in [0.25, 0.3) is 11.4 Å². The number of sulfonamides is 2. The van der Waals surface area contributed by atoms with Crippen LogP contribution in [0.1, 0.15) is 44.6 Å². The van der Waals surface area contributed by atoms with Crippen molar-refractivity contribution in [2.75, 3.05) is 24.7 Å². The SMILES string of the molecule is CS(=O)(=O)N1CCC(n2nnc(-c3cc(S(N)(=O)=O)ccc3NC3CCCCC3)n2)C1. The lowest BCUT2D eigenvalue weighted by atomic mass is 9.95. The molecule has 1 aromatic carbocycles. The molecule has 1 unspecified atom stereocenters. The van der Waals surface area contributed by atoms with Crippen LogP contribution >= 0.6 is 0 Å². The summed E-state index contributed by atoms with van der Waals surface area (Å²) in [7, 11) is -7.18. The van der Waals surface area contributed by atoms with Crippen LogP contribution in [0.2, 0.25) is 0 Å². The van der Waals surface area contributed by atoms with Gasteiger partial charge in [-0.3, -0.25) is 0 Å². The first-order chi connectivity index (χ1) is 14.6. The Balaban J connectivity index is 1.64. The smallest absolute Gasteiger partial charge is 0.238 e. The van der Waals surface area contributed by atoms with E-state index in [1.807, 2.05) is 0 Å². The highest BCUT2D eigenvalue weighted by molar-refractivity contribution is 7.89. The number of nitrogens with two attached hydrogens (primary N) is 1. The Labute approximate surface area is 182 Å². The zero-order valence-electron chi connectivity index (χ0n) is 17.3. The number of tetrazole rings is 1. The van der Waals surface area contributed by atoms with Crippen molar-refractivity contribution < 1.29 is 16.8 Å². The van der Waals surface area contributed by atoms with Crippen LogP contribution < -0.4 is 10.5 Å². The lowest BCUT2D eigenvalue weighted by Gasteiger charge is -2.25. The third-order valence-corrected chi connectivity index (χ3v) is 8.06. The van der Waals surface area contributed by atoms with Crippen molar-refractivity contribution in [3.63, 3.8) is 0 Å². The maximum atomic E-state index is 11.9. The number of nitrogens with one attached hydrogen (secondary N) is 1. The first-order valence-corrected chi connectivity index (χ1v) is 13.7. The van der Waals surface area contributed by atoms with Gasteiger partial charge < -0.3 is 5.32 Å². The van der Waals surface area contributed by atoms with E-state index < -0.39 is 20.0 Å². The minimum atomic E-state index is -3.90. The van der Waals surface area contributed by atoms with E-state index >= 15 is 0 Å². The zero-order chi connectivity index (χ0) is 22.2. The number of hydrogen-bond acceptors (Lipinski definition) is 8. The van der Waals surface area contributed by atoms with Gasteiger partial charge in [-0.05, 0) is 42.7 Å². The Morgan fingerprint density at radius 1 is 1.10 bits per heavy atom. The van der Waals surface area contributed by atoms with E-state index in [1.54, 1.807) is 6.07 Å². The Morgan fingerprint density at radius 3 is 2.48 bits per heavy atom. The largest absolute Gasteiger partial charge is 0.382 e. The van der Waals surface area contributed by atoms with Gasteiger partial charge in [-0.1, -0.05) is 19.3 Å². The lowest BCUT2D eigenvalue weighted by molar-refractivity contribution is 0.397. The average Bonchev–Trinajstić information content (AvgIpc) is 3.38. The van der Waals surface area contributed by atoms with Gasteiger partial charge in [0.15, 0.2) is 0 Å². The van der Waals surface area contributed by atoms with Crippen LogP contribution in [0.4, 0.5) is 5.69 Å². The molecule has 2 aliphatic rings. The van der Waals surface area contributed by atoms with Gasteiger partial charge in [-0.15, -0.1) is 10.2 Å². The zero-order valence-corrected chi connectivity index (χ0v) is 18.9. The van der Waals surface area contributed by atoms with Crippen LogP contribution in [-0.4, -0.2) is 66.7 Å². The van der Waals surface area contributed by atoms with Gasteiger partial charge >= 0.3 is 0 Å². The van der Waals surface area contributed by atoms with Gasteiger partial charge in [-0.25, -0.2) is 22.0 Å². The molecule has 1 aliphatic heterocycles. The van der Waals surface area contributed by atoms with Crippen LogP contribution in [0, 0.1) is 0 Å². The molecule has 2 heterocycles. The summed E-state index contributed by atoms with van der Waals surface area (Å²) >= 11 is 0. The first kappa shape index (κ1) is 22.1. The summed E-state index contributed by atoms with van der Waals surface area (Å²) in [6.07, 6.45) is 7.35. The van der Waals surface area contributed by atoms with E-state index in [2.05, 4.69) is 20.7 Å². The molecule has 13 heteroatoms. The van der Waals surface area contributed by atoms with E-state index in [9.17, 15) is 16.8 Å². The van der Waals surface area contributed by atoms with Gasteiger partial charge in [-0.2, -0.15) is 9.10 Å². The second-order valence-electron chi connectivity index (χ2n) is 8.23. The Bertz CT molecular complexity index is 1160. The average molecular weight is 470 g/mol. The molecule has 11 nitrogen and oxygen atoms in total. The summed E-state index contributed by atoms with van der Waals surface area (Å²) in [5.74, 6) is 0.265. The molecule has 2 aromatic rings. The minimum Gasteiger partial charge on any atom is -0.382 e. The van der Waals surface area contributed by atoms with Crippen molar-refractivity contribution in [3.05, 3.63) is 18.2 Å². The van der Waals surface area contributed by atoms with Crippen molar-refractivity contribution in [1.82, 2.24) is 24.5 Å². The second kappa shape index (κ2) is 8.45. The number of nitrogens with zero attached hydrogens (tertiary/aromatic N) is 5. The fourth-order valence-corrected chi connectivity index (χ4v) is 5.59. The van der Waals surface area contributed by atoms with E-state index in [0.717, 1.165) is 31.4 Å². The second-order valence-corrected chi connectivity index (χ2v) is 11.8. The van der Waals surface area contributed by atoms with Crippen molar-refractivity contribution >= 4 is 25.7 Å². The third kappa shape index (κ3) is 5.05. The van der Waals surface area contributed by atoms with E-state index in [1.165, 1.54) is 33.9 Å². The summed E-state index contributed by atoms with van der Waals surface area (Å²) < 4.78 is 48.7. The molecular weight excluding hydrogens is 442 g/mol. The Hall–Kier alpha value is -2.09. The maximum Gasteiger partial charge on any atom is 0.238 e.